The van der Waals surface area contributed by atoms with Crippen LogP contribution in [0.3, 0.4) is 0 Å². The van der Waals surface area contributed by atoms with Gasteiger partial charge in [-0.25, -0.2) is 0 Å². The van der Waals surface area contributed by atoms with Gasteiger partial charge in [-0.3, -0.25) is 9.78 Å². The van der Waals surface area contributed by atoms with Gasteiger partial charge >= 0.3 is 0 Å². The average Bonchev–Trinajstić information content (AvgIpc) is 2.26. The maximum Gasteiger partial charge on any atom is 0.253 e. The molecule has 1 N–H and O–H groups in total. The van der Waals surface area contributed by atoms with Crippen LogP contribution in [-0.4, -0.2) is 16.9 Å². The van der Waals surface area contributed by atoms with Crippen molar-refractivity contribution in [1.82, 2.24) is 10.3 Å². The Bertz CT molecular complexity index is 379. The molecule has 17 heavy (non-hydrogen) atoms. The van der Waals surface area contributed by atoms with Gasteiger partial charge in [-0.05, 0) is 47.7 Å². The number of nitrogens with zero attached hydrogens (tertiary/aromatic N) is 1. The number of rotatable bonds is 5. The van der Waals surface area contributed by atoms with Crippen LogP contribution in [0.4, 0.5) is 0 Å². The summed E-state index contributed by atoms with van der Waals surface area (Å²) in [4.78, 5) is 15.9. The molecule has 1 aromatic heterocycles. The van der Waals surface area contributed by atoms with E-state index in [0.29, 0.717) is 11.5 Å². The maximum atomic E-state index is 11.9. The second-order valence-electron chi connectivity index (χ2n) is 4.74. The predicted molar refractivity (Wildman–Crippen MR) is 72.9 cm³/mol. The van der Waals surface area contributed by atoms with Crippen molar-refractivity contribution in [1.29, 1.82) is 0 Å². The van der Waals surface area contributed by atoms with Crippen LogP contribution in [0, 0.1) is 5.92 Å². The third-order valence-corrected chi connectivity index (χ3v) is 2.96. The molecule has 4 heteroatoms. The lowest BCUT2D eigenvalue weighted by atomic mass is 10.0. The van der Waals surface area contributed by atoms with E-state index in [9.17, 15) is 4.79 Å². The Hall–Kier alpha value is -0.900. The molecule has 0 aliphatic heterocycles. The monoisotopic (exact) mass is 298 g/mol. The Balaban J connectivity index is 2.49. The van der Waals surface area contributed by atoms with Gasteiger partial charge in [-0.1, -0.05) is 13.8 Å². The zero-order valence-electron chi connectivity index (χ0n) is 10.5. The average molecular weight is 299 g/mol. The second-order valence-corrected chi connectivity index (χ2v) is 5.65. The first kappa shape index (κ1) is 14.2. The molecule has 1 rings (SSSR count). The van der Waals surface area contributed by atoms with Crippen LogP contribution in [-0.2, 0) is 0 Å². The molecule has 0 spiro atoms. The van der Waals surface area contributed by atoms with Gasteiger partial charge in [-0.2, -0.15) is 0 Å². The summed E-state index contributed by atoms with van der Waals surface area (Å²) in [5.74, 6) is 0.608. The van der Waals surface area contributed by atoms with Crippen LogP contribution >= 0.6 is 15.9 Å². The molecule has 0 aliphatic rings. The van der Waals surface area contributed by atoms with E-state index in [1.54, 1.807) is 18.5 Å². The molecule has 1 unspecified atom stereocenters. The van der Waals surface area contributed by atoms with Crippen molar-refractivity contribution >= 4 is 21.8 Å². The molecular formula is C13H19BrN2O. The van der Waals surface area contributed by atoms with Crippen LogP contribution in [0.2, 0.25) is 0 Å². The predicted octanol–water partition coefficient (Wildman–Crippen LogP) is 3.40. The molecule has 1 amide bonds. The summed E-state index contributed by atoms with van der Waals surface area (Å²) in [6.45, 7) is 6.41. The molecule has 0 aromatic carbocycles. The quantitative estimate of drug-likeness (QED) is 0.905. The first-order valence-electron chi connectivity index (χ1n) is 5.90. The van der Waals surface area contributed by atoms with Crippen molar-refractivity contribution in [3.05, 3.63) is 28.5 Å². The molecule has 0 aliphatic carbocycles. The van der Waals surface area contributed by atoms with E-state index in [-0.39, 0.29) is 11.9 Å². The fourth-order valence-electron chi connectivity index (χ4n) is 1.50. The third kappa shape index (κ3) is 5.31. The molecule has 0 saturated carbocycles. The molecule has 94 valence electrons. The van der Waals surface area contributed by atoms with E-state index in [2.05, 4.69) is 40.1 Å². The van der Waals surface area contributed by atoms with Gasteiger partial charge in [0.1, 0.15) is 0 Å². The van der Waals surface area contributed by atoms with Crippen molar-refractivity contribution < 1.29 is 4.79 Å². The number of pyridine rings is 1. The largest absolute Gasteiger partial charge is 0.350 e. The van der Waals surface area contributed by atoms with Crippen LogP contribution in [0.1, 0.15) is 44.0 Å². The van der Waals surface area contributed by atoms with Gasteiger partial charge in [0.25, 0.3) is 5.91 Å². The van der Waals surface area contributed by atoms with Crippen LogP contribution in [0.25, 0.3) is 0 Å². The highest BCUT2D eigenvalue weighted by Gasteiger charge is 2.10. The highest BCUT2D eigenvalue weighted by Crippen LogP contribution is 2.11. The van der Waals surface area contributed by atoms with Crippen molar-refractivity contribution in [3.8, 4) is 0 Å². The van der Waals surface area contributed by atoms with E-state index in [1.807, 2.05) is 6.92 Å². The lowest BCUT2D eigenvalue weighted by Gasteiger charge is -2.15. The molecular weight excluding hydrogens is 280 g/mol. The van der Waals surface area contributed by atoms with Crippen molar-refractivity contribution in [2.24, 2.45) is 5.92 Å². The van der Waals surface area contributed by atoms with Crippen LogP contribution < -0.4 is 5.32 Å². The minimum atomic E-state index is -0.0601. The van der Waals surface area contributed by atoms with E-state index in [1.165, 1.54) is 0 Å². The van der Waals surface area contributed by atoms with Crippen LogP contribution in [0.15, 0.2) is 22.9 Å². The number of carbonyl (C=O) groups is 1. The van der Waals surface area contributed by atoms with Crippen molar-refractivity contribution in [2.45, 2.75) is 39.7 Å². The normalized spacial score (nSPS) is 12.5. The van der Waals surface area contributed by atoms with E-state index < -0.39 is 0 Å². The number of aromatic nitrogens is 1. The molecule has 1 atom stereocenters. The molecule has 3 nitrogen and oxygen atoms in total. The lowest BCUT2D eigenvalue weighted by molar-refractivity contribution is 0.0937. The molecule has 0 fully saturated rings. The first-order valence-corrected chi connectivity index (χ1v) is 6.69. The highest BCUT2D eigenvalue weighted by molar-refractivity contribution is 9.10. The van der Waals surface area contributed by atoms with E-state index in [4.69, 9.17) is 0 Å². The zero-order chi connectivity index (χ0) is 12.8. The van der Waals surface area contributed by atoms with Crippen LogP contribution in [0.5, 0.6) is 0 Å². The summed E-state index contributed by atoms with van der Waals surface area (Å²) in [7, 11) is 0. The van der Waals surface area contributed by atoms with Gasteiger partial charge in [0, 0.05) is 22.9 Å². The SMILES string of the molecule is CC(C)CCC(C)NC(=O)c1cncc(Br)c1. The van der Waals surface area contributed by atoms with E-state index in [0.717, 1.165) is 17.3 Å². The van der Waals surface area contributed by atoms with Gasteiger partial charge < -0.3 is 5.32 Å². The summed E-state index contributed by atoms with van der Waals surface area (Å²) < 4.78 is 0.819. The highest BCUT2D eigenvalue weighted by atomic mass is 79.9. The number of hydrogen-bond acceptors (Lipinski definition) is 2. The summed E-state index contributed by atoms with van der Waals surface area (Å²) in [6.07, 6.45) is 5.37. The standard InChI is InChI=1S/C13H19BrN2O/c1-9(2)4-5-10(3)16-13(17)11-6-12(14)8-15-7-11/h6-10H,4-5H2,1-3H3,(H,16,17). The first-order chi connectivity index (χ1) is 7.99. The third-order valence-electron chi connectivity index (χ3n) is 2.52. The molecule has 0 bridgehead atoms. The topological polar surface area (TPSA) is 42.0 Å². The van der Waals surface area contributed by atoms with Gasteiger partial charge in [-0.15, -0.1) is 0 Å². The number of hydrogen-bond donors (Lipinski definition) is 1. The lowest BCUT2D eigenvalue weighted by Crippen LogP contribution is -2.32. The minimum absolute atomic E-state index is 0.0601. The Morgan fingerprint density at radius 3 is 2.65 bits per heavy atom. The number of halogens is 1. The maximum absolute atomic E-state index is 11.9. The molecule has 1 aromatic rings. The van der Waals surface area contributed by atoms with Crippen molar-refractivity contribution in [2.75, 3.05) is 0 Å². The summed E-state index contributed by atoms with van der Waals surface area (Å²) >= 11 is 3.30. The minimum Gasteiger partial charge on any atom is -0.350 e. The summed E-state index contributed by atoms with van der Waals surface area (Å²) in [6, 6.07) is 1.97. The molecule has 1 heterocycles. The Morgan fingerprint density at radius 1 is 1.35 bits per heavy atom. The Labute approximate surface area is 111 Å². The van der Waals surface area contributed by atoms with Crippen molar-refractivity contribution in [3.63, 3.8) is 0 Å². The molecule has 0 saturated heterocycles. The molecule has 0 radical (unpaired) electrons. The zero-order valence-corrected chi connectivity index (χ0v) is 12.1. The second kappa shape index (κ2) is 6.74. The Kier molecular flexibility index (Phi) is 5.62. The number of carbonyl (C=O) groups excluding carboxylic acids is 1. The Morgan fingerprint density at radius 2 is 2.06 bits per heavy atom. The van der Waals surface area contributed by atoms with Gasteiger partial charge in [0.15, 0.2) is 0 Å². The smallest absolute Gasteiger partial charge is 0.253 e. The number of amides is 1. The van der Waals surface area contributed by atoms with Gasteiger partial charge in [0.2, 0.25) is 0 Å². The fourth-order valence-corrected chi connectivity index (χ4v) is 1.86. The fraction of sp³-hybridized carbons (Fsp3) is 0.538. The number of nitrogens with one attached hydrogen (secondary N) is 1. The summed E-state index contributed by atoms with van der Waals surface area (Å²) in [5, 5.41) is 2.98. The summed E-state index contributed by atoms with van der Waals surface area (Å²) in [5.41, 5.74) is 0.593. The van der Waals surface area contributed by atoms with Gasteiger partial charge in [0.05, 0.1) is 5.56 Å². The van der Waals surface area contributed by atoms with E-state index >= 15 is 0 Å².